The number of rotatable bonds is 4. The van der Waals surface area contributed by atoms with Gasteiger partial charge in [-0.25, -0.2) is 0 Å². The van der Waals surface area contributed by atoms with Gasteiger partial charge in [0.25, 0.3) is 0 Å². The number of benzene rings is 1. The number of nitrogens with two attached hydrogens (primary N) is 1. The van der Waals surface area contributed by atoms with E-state index in [0.717, 1.165) is 11.3 Å². The van der Waals surface area contributed by atoms with E-state index in [1.807, 2.05) is 39.0 Å². The molecular formula is C13H20N2O. The first kappa shape index (κ1) is 12.7. The Labute approximate surface area is 97.0 Å². The van der Waals surface area contributed by atoms with Crippen LogP contribution in [0.15, 0.2) is 18.2 Å². The van der Waals surface area contributed by atoms with Gasteiger partial charge in [-0.1, -0.05) is 19.1 Å². The van der Waals surface area contributed by atoms with Crippen molar-refractivity contribution in [2.75, 3.05) is 11.9 Å². The van der Waals surface area contributed by atoms with E-state index in [9.17, 15) is 4.79 Å². The second kappa shape index (κ2) is 5.66. The fourth-order valence-corrected chi connectivity index (χ4v) is 1.49. The molecule has 3 nitrogen and oxygen atoms in total. The van der Waals surface area contributed by atoms with Gasteiger partial charge in [0.05, 0.1) is 0 Å². The smallest absolute Gasteiger partial charge is 0.224 e. The molecule has 0 saturated carbocycles. The molecule has 1 atom stereocenters. The second-order valence-corrected chi connectivity index (χ2v) is 4.34. The number of hydrogen-bond donors (Lipinski definition) is 2. The van der Waals surface area contributed by atoms with Crippen LogP contribution >= 0.6 is 0 Å². The summed E-state index contributed by atoms with van der Waals surface area (Å²) in [4.78, 5) is 11.7. The third-order valence-electron chi connectivity index (χ3n) is 2.81. The zero-order chi connectivity index (χ0) is 12.1. The Morgan fingerprint density at radius 1 is 1.44 bits per heavy atom. The van der Waals surface area contributed by atoms with Gasteiger partial charge in [0.2, 0.25) is 5.91 Å². The molecule has 3 N–H and O–H groups in total. The van der Waals surface area contributed by atoms with Crippen LogP contribution in [0.3, 0.4) is 0 Å². The van der Waals surface area contributed by atoms with Crippen molar-refractivity contribution >= 4 is 11.6 Å². The minimum Gasteiger partial charge on any atom is -0.330 e. The molecule has 1 aromatic carbocycles. The number of nitrogens with one attached hydrogen (secondary N) is 1. The standard InChI is InChI=1S/C13H20N2O/c1-9(8-14)7-13(16)15-12-6-4-5-10(2)11(12)3/h4-6,9H,7-8,14H2,1-3H3,(H,15,16). The Hall–Kier alpha value is -1.35. The minimum absolute atomic E-state index is 0.0339. The van der Waals surface area contributed by atoms with Crippen molar-refractivity contribution in [3.63, 3.8) is 0 Å². The lowest BCUT2D eigenvalue weighted by Crippen LogP contribution is -2.20. The average Bonchev–Trinajstić information content (AvgIpc) is 2.24. The van der Waals surface area contributed by atoms with Gasteiger partial charge in [-0.15, -0.1) is 0 Å². The fourth-order valence-electron chi connectivity index (χ4n) is 1.49. The van der Waals surface area contributed by atoms with Gasteiger partial charge in [-0.05, 0) is 43.5 Å². The fraction of sp³-hybridized carbons (Fsp3) is 0.462. The Morgan fingerprint density at radius 2 is 2.12 bits per heavy atom. The monoisotopic (exact) mass is 220 g/mol. The zero-order valence-corrected chi connectivity index (χ0v) is 10.2. The van der Waals surface area contributed by atoms with E-state index < -0.39 is 0 Å². The maximum Gasteiger partial charge on any atom is 0.224 e. The van der Waals surface area contributed by atoms with Gasteiger partial charge >= 0.3 is 0 Å². The number of hydrogen-bond acceptors (Lipinski definition) is 2. The van der Waals surface area contributed by atoms with Gasteiger partial charge in [0.1, 0.15) is 0 Å². The molecule has 16 heavy (non-hydrogen) atoms. The van der Waals surface area contributed by atoms with Crippen molar-refractivity contribution in [1.29, 1.82) is 0 Å². The van der Waals surface area contributed by atoms with E-state index in [-0.39, 0.29) is 11.8 Å². The first-order valence-corrected chi connectivity index (χ1v) is 5.60. The number of anilines is 1. The van der Waals surface area contributed by atoms with Crippen LogP contribution in [-0.2, 0) is 4.79 Å². The van der Waals surface area contributed by atoms with Crippen molar-refractivity contribution in [3.05, 3.63) is 29.3 Å². The summed E-state index contributed by atoms with van der Waals surface area (Å²) in [6.07, 6.45) is 0.476. The second-order valence-electron chi connectivity index (χ2n) is 4.34. The molecule has 1 unspecified atom stereocenters. The molecule has 0 radical (unpaired) electrons. The third kappa shape index (κ3) is 3.35. The largest absolute Gasteiger partial charge is 0.330 e. The summed E-state index contributed by atoms with van der Waals surface area (Å²) in [6, 6.07) is 5.91. The molecule has 0 aliphatic heterocycles. The molecule has 0 bridgehead atoms. The SMILES string of the molecule is Cc1cccc(NC(=O)CC(C)CN)c1C. The lowest BCUT2D eigenvalue weighted by Gasteiger charge is -2.12. The van der Waals surface area contributed by atoms with E-state index >= 15 is 0 Å². The van der Waals surface area contributed by atoms with Crippen LogP contribution in [0.25, 0.3) is 0 Å². The van der Waals surface area contributed by atoms with Crippen LogP contribution in [0.1, 0.15) is 24.5 Å². The van der Waals surface area contributed by atoms with Crippen LogP contribution in [0.4, 0.5) is 5.69 Å². The van der Waals surface area contributed by atoms with E-state index in [1.165, 1.54) is 5.56 Å². The molecule has 0 saturated heterocycles. The lowest BCUT2D eigenvalue weighted by atomic mass is 10.1. The van der Waals surface area contributed by atoms with E-state index in [4.69, 9.17) is 5.73 Å². The van der Waals surface area contributed by atoms with Crippen LogP contribution in [0, 0.1) is 19.8 Å². The maximum atomic E-state index is 11.7. The predicted molar refractivity (Wildman–Crippen MR) is 67.4 cm³/mol. The molecule has 0 heterocycles. The highest BCUT2D eigenvalue weighted by atomic mass is 16.1. The Morgan fingerprint density at radius 3 is 2.75 bits per heavy atom. The number of carbonyl (C=O) groups is 1. The van der Waals surface area contributed by atoms with Crippen molar-refractivity contribution in [2.45, 2.75) is 27.2 Å². The Kier molecular flexibility index (Phi) is 4.50. The zero-order valence-electron chi connectivity index (χ0n) is 10.2. The Bertz CT molecular complexity index is 374. The molecule has 1 amide bonds. The molecule has 1 aromatic rings. The van der Waals surface area contributed by atoms with Crippen LogP contribution in [0.5, 0.6) is 0 Å². The van der Waals surface area contributed by atoms with Gasteiger partial charge in [-0.3, -0.25) is 4.79 Å². The highest BCUT2D eigenvalue weighted by Gasteiger charge is 2.09. The van der Waals surface area contributed by atoms with Gasteiger partial charge in [-0.2, -0.15) is 0 Å². The van der Waals surface area contributed by atoms with Gasteiger partial charge in [0, 0.05) is 12.1 Å². The third-order valence-corrected chi connectivity index (χ3v) is 2.81. The van der Waals surface area contributed by atoms with Crippen LogP contribution < -0.4 is 11.1 Å². The summed E-state index contributed by atoms with van der Waals surface area (Å²) in [5, 5.41) is 2.92. The lowest BCUT2D eigenvalue weighted by molar-refractivity contribution is -0.116. The first-order chi connectivity index (χ1) is 7.54. The van der Waals surface area contributed by atoms with Crippen molar-refractivity contribution in [2.24, 2.45) is 11.7 Å². The Balaban J connectivity index is 2.66. The van der Waals surface area contributed by atoms with Crippen LogP contribution in [0.2, 0.25) is 0 Å². The van der Waals surface area contributed by atoms with Crippen molar-refractivity contribution in [3.8, 4) is 0 Å². The normalized spacial score (nSPS) is 12.2. The minimum atomic E-state index is 0.0339. The summed E-state index contributed by atoms with van der Waals surface area (Å²) in [5.41, 5.74) is 8.69. The topological polar surface area (TPSA) is 55.1 Å². The molecular weight excluding hydrogens is 200 g/mol. The molecule has 0 fully saturated rings. The van der Waals surface area contributed by atoms with Gasteiger partial charge in [0.15, 0.2) is 0 Å². The first-order valence-electron chi connectivity index (χ1n) is 5.60. The molecule has 3 heteroatoms. The summed E-state index contributed by atoms with van der Waals surface area (Å²) in [7, 11) is 0. The molecule has 88 valence electrons. The predicted octanol–water partition coefficient (Wildman–Crippen LogP) is 2.23. The van der Waals surface area contributed by atoms with Crippen LogP contribution in [-0.4, -0.2) is 12.5 Å². The van der Waals surface area contributed by atoms with Crippen molar-refractivity contribution < 1.29 is 4.79 Å². The van der Waals surface area contributed by atoms with Gasteiger partial charge < -0.3 is 11.1 Å². The maximum absolute atomic E-state index is 11.7. The number of aryl methyl sites for hydroxylation is 1. The summed E-state index contributed by atoms with van der Waals surface area (Å²) < 4.78 is 0. The molecule has 0 aliphatic carbocycles. The summed E-state index contributed by atoms with van der Waals surface area (Å²) in [5.74, 6) is 0.261. The van der Waals surface area contributed by atoms with E-state index in [1.54, 1.807) is 0 Å². The van der Waals surface area contributed by atoms with E-state index in [0.29, 0.717) is 13.0 Å². The quantitative estimate of drug-likeness (QED) is 0.817. The highest BCUT2D eigenvalue weighted by Crippen LogP contribution is 2.18. The molecule has 0 aliphatic rings. The van der Waals surface area contributed by atoms with E-state index in [2.05, 4.69) is 5.32 Å². The highest BCUT2D eigenvalue weighted by molar-refractivity contribution is 5.91. The molecule has 0 aromatic heterocycles. The van der Waals surface area contributed by atoms with Crippen molar-refractivity contribution in [1.82, 2.24) is 0 Å². The number of amides is 1. The summed E-state index contributed by atoms with van der Waals surface area (Å²) in [6.45, 7) is 6.56. The summed E-state index contributed by atoms with van der Waals surface area (Å²) >= 11 is 0. The molecule has 0 spiro atoms. The molecule has 1 rings (SSSR count). The average molecular weight is 220 g/mol. The number of carbonyl (C=O) groups excluding carboxylic acids is 1.